The average molecular weight is 694 g/mol. The van der Waals surface area contributed by atoms with Gasteiger partial charge in [0.05, 0.1) is 0 Å². The molecule has 0 radical (unpaired) electrons. The maximum atomic E-state index is 6.73. The van der Waals surface area contributed by atoms with Crippen LogP contribution in [0.5, 0.6) is 0 Å². The van der Waals surface area contributed by atoms with Gasteiger partial charge in [0.1, 0.15) is 22.3 Å². The molecule has 3 nitrogen and oxygen atoms in total. The molecule has 8 aromatic carbocycles. The highest BCUT2D eigenvalue weighted by Gasteiger charge is 2.35. The molecule has 11 rings (SSSR count). The lowest BCUT2D eigenvalue weighted by Crippen LogP contribution is -2.16. The van der Waals surface area contributed by atoms with E-state index in [9.17, 15) is 0 Å². The van der Waals surface area contributed by atoms with Crippen LogP contribution >= 0.6 is 0 Å². The van der Waals surface area contributed by atoms with Crippen molar-refractivity contribution in [3.8, 4) is 33.4 Å². The van der Waals surface area contributed by atoms with Gasteiger partial charge in [-0.3, -0.25) is 0 Å². The molecule has 0 bridgehead atoms. The van der Waals surface area contributed by atoms with Crippen molar-refractivity contribution in [1.29, 1.82) is 0 Å². The van der Waals surface area contributed by atoms with Crippen molar-refractivity contribution in [1.82, 2.24) is 0 Å². The van der Waals surface area contributed by atoms with Crippen LogP contribution in [0.4, 0.5) is 17.1 Å². The van der Waals surface area contributed by atoms with Gasteiger partial charge in [0.15, 0.2) is 0 Å². The summed E-state index contributed by atoms with van der Waals surface area (Å²) >= 11 is 0. The van der Waals surface area contributed by atoms with Crippen LogP contribution in [0.15, 0.2) is 185 Å². The zero-order valence-electron chi connectivity index (χ0n) is 30.0. The Balaban J connectivity index is 0.999. The fourth-order valence-corrected chi connectivity index (χ4v) is 8.81. The second-order valence-electron chi connectivity index (χ2n) is 14.9. The van der Waals surface area contributed by atoms with E-state index in [2.05, 4.69) is 189 Å². The lowest BCUT2D eigenvalue weighted by atomic mass is 9.82. The highest BCUT2D eigenvalue weighted by molar-refractivity contribution is 6.17. The van der Waals surface area contributed by atoms with Crippen molar-refractivity contribution in [2.45, 2.75) is 19.3 Å². The first-order chi connectivity index (χ1) is 26.5. The van der Waals surface area contributed by atoms with E-state index >= 15 is 0 Å². The molecule has 2 heterocycles. The zero-order chi connectivity index (χ0) is 36.0. The summed E-state index contributed by atoms with van der Waals surface area (Å²) in [5.74, 6) is 0. The predicted octanol–water partition coefficient (Wildman–Crippen LogP) is 14.6. The van der Waals surface area contributed by atoms with Crippen LogP contribution in [0.25, 0.3) is 77.3 Å². The molecule has 0 saturated heterocycles. The minimum atomic E-state index is -0.0832. The number of rotatable bonds is 5. The van der Waals surface area contributed by atoms with Crippen molar-refractivity contribution in [3.63, 3.8) is 0 Å². The smallest absolute Gasteiger partial charge is 0.143 e. The third kappa shape index (κ3) is 4.55. The standard InChI is InChI=1S/C51H35NO2/c1-51(2)45-22-10-9-17-39(45)40-28-27-36(29-46(40)51)52(34-15-7-4-8-16-34)35-25-23-33(24-26-35)38-19-12-21-42-44-31-47-43(30-48(44)54-50(38)42)41-20-11-18-37(49(41)53-47)32-13-5-3-6-14-32/h3-31H,1-2H3. The van der Waals surface area contributed by atoms with Crippen molar-refractivity contribution < 1.29 is 8.83 Å². The molecule has 3 heteroatoms. The van der Waals surface area contributed by atoms with Crippen LogP contribution in [-0.2, 0) is 5.41 Å². The van der Waals surface area contributed by atoms with Gasteiger partial charge in [0, 0.05) is 55.1 Å². The Bertz CT molecular complexity index is 3060. The fraction of sp³-hybridized carbons (Fsp3) is 0.0588. The maximum Gasteiger partial charge on any atom is 0.143 e. The summed E-state index contributed by atoms with van der Waals surface area (Å²) in [7, 11) is 0. The summed E-state index contributed by atoms with van der Waals surface area (Å²) in [4.78, 5) is 2.35. The van der Waals surface area contributed by atoms with Crippen LogP contribution in [0.3, 0.4) is 0 Å². The molecule has 0 aliphatic heterocycles. The van der Waals surface area contributed by atoms with E-state index in [-0.39, 0.29) is 5.41 Å². The first kappa shape index (κ1) is 30.8. The quantitative estimate of drug-likeness (QED) is 0.180. The molecule has 1 aliphatic rings. The van der Waals surface area contributed by atoms with Gasteiger partial charge in [0.25, 0.3) is 0 Å². The Labute approximate surface area is 313 Å². The summed E-state index contributed by atoms with van der Waals surface area (Å²) in [5.41, 5.74) is 16.5. The van der Waals surface area contributed by atoms with E-state index in [1.165, 1.54) is 22.3 Å². The molecule has 0 N–H and O–H groups in total. The van der Waals surface area contributed by atoms with Gasteiger partial charge < -0.3 is 13.7 Å². The van der Waals surface area contributed by atoms with Crippen LogP contribution in [0, 0.1) is 0 Å². The molecular weight excluding hydrogens is 659 g/mol. The van der Waals surface area contributed by atoms with Gasteiger partial charge in [-0.05, 0) is 81.9 Å². The van der Waals surface area contributed by atoms with Crippen LogP contribution < -0.4 is 4.90 Å². The third-order valence-corrected chi connectivity index (χ3v) is 11.5. The van der Waals surface area contributed by atoms with E-state index in [1.54, 1.807) is 0 Å². The van der Waals surface area contributed by atoms with Gasteiger partial charge >= 0.3 is 0 Å². The first-order valence-corrected chi connectivity index (χ1v) is 18.6. The van der Waals surface area contributed by atoms with E-state index in [0.717, 1.165) is 83.2 Å². The highest BCUT2D eigenvalue weighted by atomic mass is 16.3. The largest absolute Gasteiger partial charge is 0.455 e. The van der Waals surface area contributed by atoms with E-state index in [4.69, 9.17) is 8.83 Å². The Morgan fingerprint density at radius 2 is 0.870 bits per heavy atom. The average Bonchev–Trinajstić information content (AvgIpc) is 3.85. The van der Waals surface area contributed by atoms with Crippen molar-refractivity contribution in [2.75, 3.05) is 4.90 Å². The molecule has 0 fully saturated rings. The van der Waals surface area contributed by atoms with Gasteiger partial charge in [-0.1, -0.05) is 141 Å². The second-order valence-corrected chi connectivity index (χ2v) is 14.9. The molecule has 10 aromatic rings. The summed E-state index contributed by atoms with van der Waals surface area (Å²) in [6, 6.07) is 62.8. The molecule has 0 atom stereocenters. The molecule has 0 saturated carbocycles. The number of hydrogen-bond donors (Lipinski definition) is 0. The van der Waals surface area contributed by atoms with Crippen molar-refractivity contribution in [2.24, 2.45) is 0 Å². The molecule has 0 unspecified atom stereocenters. The number of fused-ring (bicyclic) bond motifs is 9. The minimum Gasteiger partial charge on any atom is -0.455 e. The summed E-state index contributed by atoms with van der Waals surface area (Å²) in [6.45, 7) is 4.67. The normalized spacial score (nSPS) is 13.1. The monoisotopic (exact) mass is 693 g/mol. The Hall–Kier alpha value is -6.84. The fourth-order valence-electron chi connectivity index (χ4n) is 8.81. The Morgan fingerprint density at radius 3 is 1.52 bits per heavy atom. The molecule has 0 spiro atoms. The van der Waals surface area contributed by atoms with E-state index < -0.39 is 0 Å². The number of hydrogen-bond acceptors (Lipinski definition) is 3. The maximum absolute atomic E-state index is 6.73. The lowest BCUT2D eigenvalue weighted by Gasteiger charge is -2.28. The van der Waals surface area contributed by atoms with Crippen molar-refractivity contribution in [3.05, 3.63) is 187 Å². The second kappa shape index (κ2) is 11.6. The Kier molecular flexibility index (Phi) is 6.60. The Morgan fingerprint density at radius 1 is 0.370 bits per heavy atom. The SMILES string of the molecule is CC1(C)c2ccccc2-c2ccc(N(c3ccccc3)c3ccc(-c4cccc5c4oc4cc6c(cc45)oc4c(-c5ccccc5)cccc46)cc3)cc21. The predicted molar refractivity (Wildman–Crippen MR) is 224 cm³/mol. The number of furan rings is 2. The minimum absolute atomic E-state index is 0.0832. The van der Waals surface area contributed by atoms with Crippen LogP contribution in [0.1, 0.15) is 25.0 Å². The number of anilines is 3. The molecule has 54 heavy (non-hydrogen) atoms. The number of para-hydroxylation sites is 3. The number of benzene rings is 8. The lowest BCUT2D eigenvalue weighted by molar-refractivity contribution is 0.660. The highest BCUT2D eigenvalue weighted by Crippen LogP contribution is 2.51. The molecule has 256 valence electrons. The van der Waals surface area contributed by atoms with E-state index in [1.807, 2.05) is 6.07 Å². The topological polar surface area (TPSA) is 29.5 Å². The summed E-state index contributed by atoms with van der Waals surface area (Å²) < 4.78 is 13.3. The van der Waals surface area contributed by atoms with Crippen LogP contribution in [0.2, 0.25) is 0 Å². The summed E-state index contributed by atoms with van der Waals surface area (Å²) in [5, 5.41) is 4.27. The van der Waals surface area contributed by atoms with E-state index in [0.29, 0.717) is 0 Å². The van der Waals surface area contributed by atoms with Crippen LogP contribution in [-0.4, -0.2) is 0 Å². The van der Waals surface area contributed by atoms with Gasteiger partial charge in [0.2, 0.25) is 0 Å². The third-order valence-electron chi connectivity index (χ3n) is 11.5. The first-order valence-electron chi connectivity index (χ1n) is 18.6. The molecule has 1 aliphatic carbocycles. The molecule has 2 aromatic heterocycles. The zero-order valence-corrected chi connectivity index (χ0v) is 30.0. The van der Waals surface area contributed by atoms with Gasteiger partial charge in [-0.25, -0.2) is 0 Å². The molecule has 0 amide bonds. The van der Waals surface area contributed by atoms with Gasteiger partial charge in [-0.15, -0.1) is 0 Å². The molecular formula is C51H35NO2. The number of nitrogens with zero attached hydrogens (tertiary/aromatic N) is 1. The summed E-state index contributed by atoms with van der Waals surface area (Å²) in [6.07, 6.45) is 0. The van der Waals surface area contributed by atoms with Gasteiger partial charge in [-0.2, -0.15) is 0 Å². The van der Waals surface area contributed by atoms with Crippen molar-refractivity contribution >= 4 is 60.9 Å².